The topological polar surface area (TPSA) is 56.8 Å². The Balaban J connectivity index is 3.11. The van der Waals surface area contributed by atoms with Crippen molar-refractivity contribution in [1.82, 2.24) is 0 Å². The summed E-state index contributed by atoms with van der Waals surface area (Å²) in [6.07, 6.45) is 0. The van der Waals surface area contributed by atoms with Gasteiger partial charge in [0, 0.05) is 5.92 Å². The molecule has 1 aromatic rings. The number of nitrogens with zero attached hydrogens (tertiary/aromatic N) is 2. The Kier molecular flexibility index (Phi) is 3.53. The summed E-state index contributed by atoms with van der Waals surface area (Å²) < 4.78 is 5.12. The Hall–Kier alpha value is -2.00. The van der Waals surface area contributed by atoms with Crippen molar-refractivity contribution >= 4 is 0 Å². The monoisotopic (exact) mass is 214 g/mol. The lowest BCUT2D eigenvalue weighted by molar-refractivity contribution is 0.411. The predicted octanol–water partition coefficient (Wildman–Crippen LogP) is 2.85. The van der Waals surface area contributed by atoms with Crippen LogP contribution >= 0.6 is 0 Å². The van der Waals surface area contributed by atoms with Gasteiger partial charge in [0.1, 0.15) is 11.2 Å². The van der Waals surface area contributed by atoms with Gasteiger partial charge in [0.2, 0.25) is 0 Å². The predicted molar refractivity (Wildman–Crippen MR) is 60.7 cm³/mol. The lowest BCUT2D eigenvalue weighted by atomic mass is 9.77. The Morgan fingerprint density at radius 1 is 1.31 bits per heavy atom. The molecule has 1 unspecified atom stereocenters. The fraction of sp³-hybridized carbons (Fsp3) is 0.385. The normalized spacial score (nSPS) is 12.3. The zero-order valence-corrected chi connectivity index (χ0v) is 9.69. The Morgan fingerprint density at radius 3 is 2.44 bits per heavy atom. The van der Waals surface area contributed by atoms with Crippen molar-refractivity contribution in [3.8, 4) is 17.9 Å². The Morgan fingerprint density at radius 2 is 1.94 bits per heavy atom. The first kappa shape index (κ1) is 12.1. The molecule has 0 saturated carbocycles. The minimum absolute atomic E-state index is 0.155. The van der Waals surface area contributed by atoms with Gasteiger partial charge < -0.3 is 4.74 Å². The van der Waals surface area contributed by atoms with Crippen molar-refractivity contribution in [3.63, 3.8) is 0 Å². The van der Waals surface area contributed by atoms with Crippen molar-refractivity contribution in [2.75, 3.05) is 7.11 Å². The van der Waals surface area contributed by atoms with Crippen molar-refractivity contribution < 1.29 is 4.74 Å². The summed E-state index contributed by atoms with van der Waals surface area (Å²) in [4.78, 5) is 0. The number of hydrogen-bond acceptors (Lipinski definition) is 3. The van der Waals surface area contributed by atoms with Crippen LogP contribution in [0.4, 0.5) is 0 Å². The van der Waals surface area contributed by atoms with Crippen LogP contribution in [0.2, 0.25) is 0 Å². The maximum absolute atomic E-state index is 9.04. The summed E-state index contributed by atoms with van der Waals surface area (Å²) in [5, 5.41) is 18.1. The second-order valence-electron chi connectivity index (χ2n) is 3.92. The lowest BCUT2D eigenvalue weighted by Crippen LogP contribution is -2.19. The average molecular weight is 214 g/mol. The molecule has 0 aliphatic heterocycles. The van der Waals surface area contributed by atoms with E-state index in [1.807, 2.05) is 31.2 Å². The maximum Gasteiger partial charge on any atom is 0.147 e. The van der Waals surface area contributed by atoms with Crippen LogP contribution in [-0.4, -0.2) is 7.11 Å². The van der Waals surface area contributed by atoms with E-state index in [2.05, 4.69) is 12.1 Å². The molecule has 82 valence electrons. The smallest absolute Gasteiger partial charge is 0.147 e. The molecule has 3 heteroatoms. The van der Waals surface area contributed by atoms with E-state index in [0.717, 1.165) is 11.3 Å². The molecule has 1 rings (SSSR count). The number of nitriles is 2. The molecule has 0 amide bonds. The van der Waals surface area contributed by atoms with Crippen LogP contribution in [-0.2, 0) is 0 Å². The number of rotatable bonds is 3. The van der Waals surface area contributed by atoms with Crippen molar-refractivity contribution in [2.24, 2.45) is 5.41 Å². The van der Waals surface area contributed by atoms with Gasteiger partial charge >= 0.3 is 0 Å². The molecule has 0 aliphatic rings. The van der Waals surface area contributed by atoms with Crippen LogP contribution in [0.5, 0.6) is 5.75 Å². The summed E-state index contributed by atoms with van der Waals surface area (Å²) in [6.45, 7) is 3.53. The van der Waals surface area contributed by atoms with Gasteiger partial charge in [0.05, 0.1) is 19.2 Å². The first-order chi connectivity index (χ1) is 7.57. The zero-order valence-electron chi connectivity index (χ0n) is 9.69. The van der Waals surface area contributed by atoms with E-state index in [4.69, 9.17) is 15.3 Å². The quantitative estimate of drug-likeness (QED) is 0.777. The molecule has 0 bridgehead atoms. The number of benzene rings is 1. The van der Waals surface area contributed by atoms with E-state index in [1.54, 1.807) is 14.0 Å². The molecule has 1 aromatic carbocycles. The summed E-state index contributed by atoms with van der Waals surface area (Å²) in [5.74, 6) is 0.583. The standard InChI is InChI=1S/C13H14N2O/c1-10(13(2,8-14)9-15)11-5-4-6-12(7-11)16-3/h4-7,10H,1-3H3. The van der Waals surface area contributed by atoms with Gasteiger partial charge in [-0.05, 0) is 24.6 Å². The third-order valence-corrected chi connectivity index (χ3v) is 2.92. The lowest BCUT2D eigenvalue weighted by Gasteiger charge is -2.22. The van der Waals surface area contributed by atoms with Crippen molar-refractivity contribution in [2.45, 2.75) is 19.8 Å². The van der Waals surface area contributed by atoms with Gasteiger partial charge in [-0.15, -0.1) is 0 Å². The number of methoxy groups -OCH3 is 1. The molecule has 0 heterocycles. The summed E-state index contributed by atoms with van der Waals surface area (Å²) in [5.41, 5.74) is -0.0724. The van der Waals surface area contributed by atoms with Gasteiger partial charge in [-0.1, -0.05) is 19.1 Å². The van der Waals surface area contributed by atoms with E-state index in [9.17, 15) is 0 Å². The third-order valence-electron chi connectivity index (χ3n) is 2.92. The highest BCUT2D eigenvalue weighted by Crippen LogP contribution is 2.35. The van der Waals surface area contributed by atoms with E-state index < -0.39 is 5.41 Å². The molecule has 0 aliphatic carbocycles. The van der Waals surface area contributed by atoms with Crippen LogP contribution < -0.4 is 4.74 Å². The van der Waals surface area contributed by atoms with Crippen LogP contribution in [0.25, 0.3) is 0 Å². The van der Waals surface area contributed by atoms with Gasteiger partial charge in [0.25, 0.3) is 0 Å². The van der Waals surface area contributed by atoms with E-state index >= 15 is 0 Å². The maximum atomic E-state index is 9.04. The third kappa shape index (κ3) is 2.15. The molecule has 16 heavy (non-hydrogen) atoms. The van der Waals surface area contributed by atoms with Crippen LogP contribution in [0.1, 0.15) is 25.3 Å². The molecular formula is C13H14N2O. The minimum atomic E-state index is -1.01. The first-order valence-corrected chi connectivity index (χ1v) is 5.04. The second kappa shape index (κ2) is 4.68. The molecule has 0 spiro atoms. The molecule has 0 aromatic heterocycles. The van der Waals surface area contributed by atoms with E-state index in [1.165, 1.54) is 0 Å². The number of ether oxygens (including phenoxy) is 1. The van der Waals surface area contributed by atoms with Crippen molar-refractivity contribution in [1.29, 1.82) is 10.5 Å². The van der Waals surface area contributed by atoms with Crippen LogP contribution in [0.3, 0.4) is 0 Å². The Bertz CT molecular complexity index is 440. The fourth-order valence-electron chi connectivity index (χ4n) is 1.46. The Labute approximate surface area is 95.9 Å². The molecule has 0 radical (unpaired) electrons. The zero-order chi connectivity index (χ0) is 12.2. The summed E-state index contributed by atoms with van der Waals surface area (Å²) in [6, 6.07) is 11.6. The SMILES string of the molecule is COc1cccc(C(C)C(C)(C#N)C#N)c1. The van der Waals surface area contributed by atoms with Gasteiger partial charge in [-0.2, -0.15) is 10.5 Å². The fourth-order valence-corrected chi connectivity index (χ4v) is 1.46. The largest absolute Gasteiger partial charge is 0.497 e. The molecule has 0 saturated heterocycles. The summed E-state index contributed by atoms with van der Waals surface area (Å²) >= 11 is 0. The highest BCUT2D eigenvalue weighted by Gasteiger charge is 2.32. The molecule has 0 fully saturated rings. The average Bonchev–Trinajstić information content (AvgIpc) is 2.37. The highest BCUT2D eigenvalue weighted by atomic mass is 16.5. The van der Waals surface area contributed by atoms with Gasteiger partial charge in [-0.3, -0.25) is 0 Å². The van der Waals surface area contributed by atoms with Gasteiger partial charge in [-0.25, -0.2) is 0 Å². The molecule has 1 atom stereocenters. The molecule has 0 N–H and O–H groups in total. The summed E-state index contributed by atoms with van der Waals surface area (Å²) in [7, 11) is 1.59. The van der Waals surface area contributed by atoms with E-state index in [-0.39, 0.29) is 5.92 Å². The minimum Gasteiger partial charge on any atom is -0.497 e. The van der Waals surface area contributed by atoms with Crippen LogP contribution in [0.15, 0.2) is 24.3 Å². The van der Waals surface area contributed by atoms with Crippen molar-refractivity contribution in [3.05, 3.63) is 29.8 Å². The molecular weight excluding hydrogens is 200 g/mol. The van der Waals surface area contributed by atoms with Gasteiger partial charge in [0.15, 0.2) is 0 Å². The first-order valence-electron chi connectivity index (χ1n) is 5.04. The number of hydrogen-bond donors (Lipinski definition) is 0. The van der Waals surface area contributed by atoms with E-state index in [0.29, 0.717) is 0 Å². The van der Waals surface area contributed by atoms with Crippen LogP contribution in [0, 0.1) is 28.1 Å². The molecule has 3 nitrogen and oxygen atoms in total. The highest BCUT2D eigenvalue weighted by molar-refractivity contribution is 5.34. The second-order valence-corrected chi connectivity index (χ2v) is 3.92.